The van der Waals surface area contributed by atoms with Crippen molar-refractivity contribution >= 4 is 13.6 Å². The molecule has 6 heteroatoms. The van der Waals surface area contributed by atoms with Crippen molar-refractivity contribution in [3.05, 3.63) is 0 Å². The van der Waals surface area contributed by atoms with Crippen LogP contribution < -0.4 is 0 Å². The Morgan fingerprint density at radius 1 is 0.773 bits per heavy atom. The Morgan fingerprint density at radius 3 is 1.77 bits per heavy atom. The first-order valence-corrected chi connectivity index (χ1v) is 10.3. The van der Waals surface area contributed by atoms with Gasteiger partial charge >= 0.3 is 13.6 Å². The highest BCUT2D eigenvalue weighted by Gasteiger charge is 2.22. The zero-order valence-corrected chi connectivity index (χ0v) is 15.4. The fourth-order valence-electron chi connectivity index (χ4n) is 2.25. The second-order valence-corrected chi connectivity index (χ2v) is 7.39. The van der Waals surface area contributed by atoms with Gasteiger partial charge in [0.1, 0.15) is 0 Å². The fourth-order valence-corrected chi connectivity index (χ4v) is 3.98. The molecule has 0 aromatic heterocycles. The van der Waals surface area contributed by atoms with E-state index in [4.69, 9.17) is 13.8 Å². The lowest BCUT2D eigenvalue weighted by molar-refractivity contribution is -0.143. The van der Waals surface area contributed by atoms with E-state index in [1.54, 1.807) is 0 Å². The van der Waals surface area contributed by atoms with Crippen LogP contribution in [0.15, 0.2) is 0 Å². The molecule has 0 radical (unpaired) electrons. The maximum absolute atomic E-state index is 12.2. The van der Waals surface area contributed by atoms with Crippen molar-refractivity contribution in [2.75, 3.05) is 26.0 Å². The zero-order chi connectivity index (χ0) is 16.7. The van der Waals surface area contributed by atoms with Gasteiger partial charge in [-0.15, -0.1) is 0 Å². The lowest BCUT2D eigenvalue weighted by Crippen LogP contribution is -2.03. The third-order valence-corrected chi connectivity index (χ3v) is 5.44. The maximum Gasteiger partial charge on any atom is 0.330 e. The quantitative estimate of drug-likeness (QED) is 0.241. The van der Waals surface area contributed by atoms with Crippen LogP contribution in [0.3, 0.4) is 0 Å². The molecular weight excluding hydrogens is 303 g/mol. The molecule has 0 spiro atoms. The lowest BCUT2D eigenvalue weighted by Gasteiger charge is -2.16. The number of hydrogen-bond acceptors (Lipinski definition) is 5. The van der Waals surface area contributed by atoms with Crippen molar-refractivity contribution in [2.45, 2.75) is 72.1 Å². The van der Waals surface area contributed by atoms with E-state index >= 15 is 0 Å². The van der Waals surface area contributed by atoms with Crippen LogP contribution in [-0.4, -0.2) is 32.0 Å². The van der Waals surface area contributed by atoms with Gasteiger partial charge in [-0.1, -0.05) is 32.1 Å². The van der Waals surface area contributed by atoms with Gasteiger partial charge in [0.25, 0.3) is 0 Å². The Balaban J connectivity index is 3.49. The minimum absolute atomic E-state index is 0.0925. The van der Waals surface area contributed by atoms with Crippen molar-refractivity contribution in [3.8, 4) is 0 Å². The predicted octanol–water partition coefficient (Wildman–Crippen LogP) is 4.94. The van der Waals surface area contributed by atoms with Crippen LogP contribution in [0.5, 0.6) is 0 Å². The first-order valence-electron chi connectivity index (χ1n) is 8.61. The summed E-state index contributed by atoms with van der Waals surface area (Å²) in [5.74, 6) is -0.0925. The van der Waals surface area contributed by atoms with Crippen LogP contribution in [0.25, 0.3) is 0 Å². The summed E-state index contributed by atoms with van der Waals surface area (Å²) in [7, 11) is -2.85. The highest BCUT2D eigenvalue weighted by molar-refractivity contribution is 7.53. The number of carbonyl (C=O) groups excluding carboxylic acids is 1. The van der Waals surface area contributed by atoms with Crippen molar-refractivity contribution in [3.63, 3.8) is 0 Å². The number of rotatable bonds is 15. The third-order valence-electron chi connectivity index (χ3n) is 3.27. The van der Waals surface area contributed by atoms with Crippen LogP contribution in [-0.2, 0) is 23.1 Å². The Morgan fingerprint density at radius 2 is 1.27 bits per heavy atom. The van der Waals surface area contributed by atoms with E-state index in [0.29, 0.717) is 32.4 Å². The predicted molar refractivity (Wildman–Crippen MR) is 89.3 cm³/mol. The summed E-state index contributed by atoms with van der Waals surface area (Å²) in [6.07, 6.45) is 8.33. The number of esters is 1. The van der Waals surface area contributed by atoms with Gasteiger partial charge in [0.05, 0.1) is 26.0 Å². The molecule has 0 heterocycles. The first kappa shape index (κ1) is 21.6. The molecule has 0 saturated heterocycles. The van der Waals surface area contributed by atoms with Crippen molar-refractivity contribution in [1.82, 2.24) is 0 Å². The highest BCUT2D eigenvalue weighted by Crippen LogP contribution is 2.48. The summed E-state index contributed by atoms with van der Waals surface area (Å²) < 4.78 is 27.6. The average Bonchev–Trinajstić information content (AvgIpc) is 2.46. The summed E-state index contributed by atoms with van der Waals surface area (Å²) >= 11 is 0. The summed E-state index contributed by atoms with van der Waals surface area (Å²) in [6.45, 7) is 6.82. The van der Waals surface area contributed by atoms with Crippen molar-refractivity contribution in [1.29, 1.82) is 0 Å². The van der Waals surface area contributed by atoms with Crippen LogP contribution in [0.2, 0.25) is 0 Å². The van der Waals surface area contributed by atoms with Gasteiger partial charge in [-0.2, -0.15) is 0 Å². The molecule has 0 aromatic carbocycles. The molecule has 0 unspecified atom stereocenters. The van der Waals surface area contributed by atoms with Gasteiger partial charge in [-0.25, -0.2) is 0 Å². The smallest absolute Gasteiger partial charge is 0.330 e. The number of carbonyl (C=O) groups is 1. The van der Waals surface area contributed by atoms with E-state index in [1.807, 2.05) is 20.8 Å². The largest absolute Gasteiger partial charge is 0.466 e. The molecule has 0 atom stereocenters. The van der Waals surface area contributed by atoms with E-state index in [0.717, 1.165) is 44.9 Å². The van der Waals surface area contributed by atoms with Gasteiger partial charge in [-0.3, -0.25) is 9.36 Å². The molecule has 0 rings (SSSR count). The second kappa shape index (κ2) is 14.2. The van der Waals surface area contributed by atoms with Gasteiger partial charge < -0.3 is 13.8 Å². The molecule has 132 valence electrons. The highest BCUT2D eigenvalue weighted by atomic mass is 31.2. The molecule has 0 saturated carbocycles. The molecule has 0 bridgehead atoms. The van der Waals surface area contributed by atoms with Crippen LogP contribution in [0.1, 0.15) is 72.1 Å². The van der Waals surface area contributed by atoms with Crippen LogP contribution in [0.4, 0.5) is 0 Å². The molecule has 0 fully saturated rings. The number of hydrogen-bond donors (Lipinski definition) is 0. The molecule has 0 amide bonds. The van der Waals surface area contributed by atoms with Gasteiger partial charge in [-0.05, 0) is 33.6 Å². The first-order chi connectivity index (χ1) is 10.6. The summed E-state index contributed by atoms with van der Waals surface area (Å²) in [4.78, 5) is 11.1. The fraction of sp³-hybridized carbons (Fsp3) is 0.938. The standard InChI is InChI=1S/C16H33O5P/c1-4-19-16(17)14-12-10-8-7-9-11-13-15-22(18,20-5-2)21-6-3/h4-15H2,1-3H3. The summed E-state index contributed by atoms with van der Waals surface area (Å²) in [6, 6.07) is 0. The average molecular weight is 336 g/mol. The van der Waals surface area contributed by atoms with E-state index in [1.165, 1.54) is 0 Å². The Labute approximate surface area is 135 Å². The minimum atomic E-state index is -2.85. The van der Waals surface area contributed by atoms with E-state index in [2.05, 4.69) is 0 Å². The Bertz CT molecular complexity index is 310. The molecule has 0 aliphatic rings. The van der Waals surface area contributed by atoms with Crippen molar-refractivity contribution in [2.24, 2.45) is 0 Å². The maximum atomic E-state index is 12.2. The molecular formula is C16H33O5P. The topological polar surface area (TPSA) is 61.8 Å². The molecule has 0 aliphatic heterocycles. The third kappa shape index (κ3) is 12.2. The van der Waals surface area contributed by atoms with E-state index in [-0.39, 0.29) is 5.97 Å². The zero-order valence-electron chi connectivity index (χ0n) is 14.5. The summed E-state index contributed by atoms with van der Waals surface area (Å²) in [5, 5.41) is 0. The van der Waals surface area contributed by atoms with E-state index < -0.39 is 7.60 Å². The summed E-state index contributed by atoms with van der Waals surface area (Å²) in [5.41, 5.74) is 0. The van der Waals surface area contributed by atoms with Gasteiger partial charge in [0, 0.05) is 6.42 Å². The number of ether oxygens (including phenoxy) is 1. The van der Waals surface area contributed by atoms with Crippen LogP contribution >= 0.6 is 7.60 Å². The second-order valence-electron chi connectivity index (χ2n) is 5.20. The van der Waals surface area contributed by atoms with Gasteiger partial charge in [0.15, 0.2) is 0 Å². The normalized spacial score (nSPS) is 11.6. The Hall–Kier alpha value is -0.380. The SMILES string of the molecule is CCOC(=O)CCCCCCCCCP(=O)(OCC)OCC. The molecule has 22 heavy (non-hydrogen) atoms. The van der Waals surface area contributed by atoms with E-state index in [9.17, 15) is 9.36 Å². The minimum Gasteiger partial charge on any atom is -0.466 e. The van der Waals surface area contributed by atoms with Crippen molar-refractivity contribution < 1.29 is 23.1 Å². The molecule has 5 nitrogen and oxygen atoms in total. The van der Waals surface area contributed by atoms with Crippen LogP contribution in [0, 0.1) is 0 Å². The van der Waals surface area contributed by atoms with Gasteiger partial charge in [0.2, 0.25) is 0 Å². The Kier molecular flexibility index (Phi) is 14.0. The molecule has 0 aliphatic carbocycles. The molecule has 0 aromatic rings. The number of unbranched alkanes of at least 4 members (excludes halogenated alkanes) is 6. The molecule has 0 N–H and O–H groups in total. The lowest BCUT2D eigenvalue weighted by atomic mass is 10.1. The monoisotopic (exact) mass is 336 g/mol.